The van der Waals surface area contributed by atoms with Gasteiger partial charge in [-0.3, -0.25) is 4.79 Å². The fraction of sp³-hybridized carbons (Fsp3) is 0.611. The second-order valence-electron chi connectivity index (χ2n) is 7.83. The smallest absolute Gasteiger partial charge is 0.230 e. The lowest BCUT2D eigenvalue weighted by Crippen LogP contribution is -2.47. The Bertz CT molecular complexity index is 787. The molecule has 0 aliphatic heterocycles. The molecule has 0 spiro atoms. The van der Waals surface area contributed by atoms with Gasteiger partial charge in [0.25, 0.3) is 0 Å². The molecule has 3 unspecified atom stereocenters. The van der Waals surface area contributed by atoms with Crippen molar-refractivity contribution in [3.8, 4) is 0 Å². The number of hydrogen-bond acceptors (Lipinski definition) is 5. The molecule has 2 aliphatic rings. The Morgan fingerprint density at radius 3 is 2.96 bits per heavy atom. The molecule has 1 N–H and O–H groups in total. The molecule has 128 valence electrons. The predicted molar refractivity (Wildman–Crippen MR) is 99.3 cm³/mol. The maximum atomic E-state index is 12.5. The molecule has 0 radical (unpaired) electrons. The molecule has 2 aromatic heterocycles. The number of thiophene rings is 1. The third kappa shape index (κ3) is 2.37. The first-order valence-corrected chi connectivity index (χ1v) is 10.4. The number of nitrogens with one attached hydrogen (secondary N) is 1. The number of nitrogens with zero attached hydrogens (tertiary/aromatic N) is 2. The van der Waals surface area contributed by atoms with Crippen LogP contribution in [-0.2, 0) is 4.79 Å². The topological polar surface area (TPSA) is 54.9 Å². The Morgan fingerprint density at radius 1 is 1.42 bits per heavy atom. The van der Waals surface area contributed by atoms with Crippen LogP contribution in [0.5, 0.6) is 0 Å². The van der Waals surface area contributed by atoms with E-state index in [0.29, 0.717) is 17.2 Å². The van der Waals surface area contributed by atoms with Crippen LogP contribution >= 0.6 is 23.1 Å². The first-order valence-electron chi connectivity index (χ1n) is 8.52. The first kappa shape index (κ1) is 16.3. The number of thioether (sulfide) groups is 1. The number of rotatable bonds is 4. The van der Waals surface area contributed by atoms with Crippen molar-refractivity contribution in [2.45, 2.75) is 51.1 Å². The van der Waals surface area contributed by atoms with E-state index in [9.17, 15) is 4.79 Å². The van der Waals surface area contributed by atoms with Crippen LogP contribution in [0.25, 0.3) is 10.2 Å². The summed E-state index contributed by atoms with van der Waals surface area (Å²) < 4.78 is 1.07. The Kier molecular flexibility index (Phi) is 3.88. The summed E-state index contributed by atoms with van der Waals surface area (Å²) in [6.07, 6.45) is 5.24. The molecule has 2 bridgehead atoms. The van der Waals surface area contributed by atoms with Crippen LogP contribution in [0, 0.1) is 16.7 Å². The number of hydrogen-bond donors (Lipinski definition) is 1. The van der Waals surface area contributed by atoms with Gasteiger partial charge in [0, 0.05) is 6.04 Å². The normalized spacial score (nSPS) is 30.8. The largest absolute Gasteiger partial charge is 0.352 e. The third-order valence-corrected chi connectivity index (χ3v) is 8.71. The molecule has 0 saturated heterocycles. The molecule has 3 atom stereocenters. The van der Waals surface area contributed by atoms with E-state index in [2.05, 4.69) is 36.1 Å². The van der Waals surface area contributed by atoms with Crippen molar-refractivity contribution in [2.24, 2.45) is 16.7 Å². The van der Waals surface area contributed by atoms with Gasteiger partial charge >= 0.3 is 0 Å². The lowest BCUT2D eigenvalue weighted by atomic mass is 9.69. The van der Waals surface area contributed by atoms with Gasteiger partial charge in [0.05, 0.1) is 16.0 Å². The summed E-state index contributed by atoms with van der Waals surface area (Å²) in [5, 5.41) is 6.24. The molecule has 6 heteroatoms. The second-order valence-corrected chi connectivity index (χ2v) is 9.71. The molecule has 2 aromatic rings. The number of fused-ring (bicyclic) bond motifs is 3. The minimum atomic E-state index is 0.123. The van der Waals surface area contributed by atoms with Crippen LogP contribution < -0.4 is 5.32 Å². The Balaban J connectivity index is 1.41. The Morgan fingerprint density at radius 2 is 2.25 bits per heavy atom. The Hall–Kier alpha value is -1.14. The summed E-state index contributed by atoms with van der Waals surface area (Å²) in [5.41, 5.74) is 1.52. The van der Waals surface area contributed by atoms with Crippen molar-refractivity contribution in [1.82, 2.24) is 15.3 Å². The molecule has 4 rings (SSSR count). The SMILES string of the molecule is CC1(C)C2CCC1(C)C(NC(=O)CSc1ncnc3ccsc13)C2. The quantitative estimate of drug-likeness (QED) is 0.657. The van der Waals surface area contributed by atoms with Gasteiger partial charge in [-0.1, -0.05) is 32.5 Å². The van der Waals surface area contributed by atoms with Gasteiger partial charge in [0.15, 0.2) is 0 Å². The monoisotopic (exact) mass is 361 g/mol. The number of carbonyl (C=O) groups is 1. The third-order valence-electron chi connectivity index (χ3n) is 6.68. The van der Waals surface area contributed by atoms with Crippen molar-refractivity contribution in [1.29, 1.82) is 0 Å². The zero-order chi connectivity index (χ0) is 16.9. The van der Waals surface area contributed by atoms with Crippen molar-refractivity contribution < 1.29 is 4.79 Å². The zero-order valence-corrected chi connectivity index (χ0v) is 16.0. The summed E-state index contributed by atoms with van der Waals surface area (Å²) in [5.74, 6) is 1.28. The average molecular weight is 362 g/mol. The molecule has 1 amide bonds. The van der Waals surface area contributed by atoms with Gasteiger partial charge in [-0.2, -0.15) is 0 Å². The Labute approximate surface area is 150 Å². The van der Waals surface area contributed by atoms with Crippen LogP contribution in [-0.4, -0.2) is 27.7 Å². The van der Waals surface area contributed by atoms with Gasteiger partial charge in [0.1, 0.15) is 11.4 Å². The second kappa shape index (κ2) is 5.70. The maximum absolute atomic E-state index is 12.5. The van der Waals surface area contributed by atoms with Crippen molar-refractivity contribution >= 4 is 39.2 Å². The summed E-state index contributed by atoms with van der Waals surface area (Å²) in [4.78, 5) is 21.1. The van der Waals surface area contributed by atoms with Crippen LogP contribution in [0.2, 0.25) is 0 Å². The summed E-state index contributed by atoms with van der Waals surface area (Å²) in [7, 11) is 0. The lowest BCUT2D eigenvalue weighted by molar-refractivity contribution is -0.120. The summed E-state index contributed by atoms with van der Waals surface area (Å²) in [6, 6.07) is 2.30. The summed E-state index contributed by atoms with van der Waals surface area (Å²) in [6.45, 7) is 7.11. The molecular formula is C18H23N3OS2. The van der Waals surface area contributed by atoms with E-state index in [4.69, 9.17) is 0 Å². The fourth-order valence-electron chi connectivity index (χ4n) is 4.66. The van der Waals surface area contributed by atoms with E-state index in [1.54, 1.807) is 17.7 Å². The van der Waals surface area contributed by atoms with E-state index in [1.165, 1.54) is 24.6 Å². The number of amides is 1. The lowest BCUT2D eigenvalue weighted by Gasteiger charge is -2.39. The molecule has 2 aliphatic carbocycles. The number of aromatic nitrogens is 2. The van der Waals surface area contributed by atoms with Gasteiger partial charge in [0.2, 0.25) is 5.91 Å². The first-order chi connectivity index (χ1) is 11.4. The van der Waals surface area contributed by atoms with Crippen molar-refractivity contribution in [3.63, 3.8) is 0 Å². The predicted octanol–water partition coefficient (Wildman–Crippen LogP) is 4.11. The van der Waals surface area contributed by atoms with E-state index >= 15 is 0 Å². The summed E-state index contributed by atoms with van der Waals surface area (Å²) >= 11 is 3.14. The molecule has 0 aromatic carbocycles. The van der Waals surface area contributed by atoms with Crippen molar-refractivity contribution in [2.75, 3.05) is 5.75 Å². The minimum absolute atomic E-state index is 0.123. The highest BCUT2D eigenvalue weighted by atomic mass is 32.2. The van der Waals surface area contributed by atoms with E-state index in [0.717, 1.165) is 27.6 Å². The number of carbonyl (C=O) groups excluding carboxylic acids is 1. The molecule has 4 nitrogen and oxygen atoms in total. The highest BCUT2D eigenvalue weighted by molar-refractivity contribution is 8.00. The van der Waals surface area contributed by atoms with Gasteiger partial charge in [-0.15, -0.1) is 11.3 Å². The fourth-order valence-corrected chi connectivity index (χ4v) is 6.42. The van der Waals surface area contributed by atoms with E-state index in [1.807, 2.05) is 11.4 Å². The highest BCUT2D eigenvalue weighted by Crippen LogP contribution is 2.65. The van der Waals surface area contributed by atoms with E-state index in [-0.39, 0.29) is 11.3 Å². The van der Waals surface area contributed by atoms with Gasteiger partial charge in [-0.25, -0.2) is 9.97 Å². The van der Waals surface area contributed by atoms with Crippen LogP contribution in [0.4, 0.5) is 0 Å². The maximum Gasteiger partial charge on any atom is 0.230 e. The zero-order valence-electron chi connectivity index (χ0n) is 14.3. The molecule has 2 heterocycles. The molecule has 2 fully saturated rings. The highest BCUT2D eigenvalue weighted by Gasteiger charge is 2.61. The van der Waals surface area contributed by atoms with E-state index < -0.39 is 0 Å². The van der Waals surface area contributed by atoms with Gasteiger partial charge < -0.3 is 5.32 Å². The molecule has 24 heavy (non-hydrogen) atoms. The van der Waals surface area contributed by atoms with Crippen LogP contribution in [0.1, 0.15) is 40.0 Å². The van der Waals surface area contributed by atoms with Gasteiger partial charge in [-0.05, 0) is 47.5 Å². The molecule has 2 saturated carbocycles. The average Bonchev–Trinajstić information content (AvgIpc) is 3.16. The van der Waals surface area contributed by atoms with Crippen molar-refractivity contribution in [3.05, 3.63) is 17.8 Å². The molecular weight excluding hydrogens is 338 g/mol. The minimum Gasteiger partial charge on any atom is -0.352 e. The van der Waals surface area contributed by atoms with Crippen LogP contribution in [0.3, 0.4) is 0 Å². The standard InChI is InChI=1S/C18H23N3OS2/c1-17(2)11-4-6-18(17,3)13(8-11)21-14(22)9-24-16-15-12(5-7-23-15)19-10-20-16/h5,7,10-11,13H,4,6,8-9H2,1-3H3,(H,21,22). The van der Waals surface area contributed by atoms with Crippen LogP contribution in [0.15, 0.2) is 22.8 Å².